The molecule has 1 nitrogen and oxygen atoms in total. The van der Waals surface area contributed by atoms with Gasteiger partial charge < -0.3 is 5.11 Å². The van der Waals surface area contributed by atoms with Crippen molar-refractivity contribution in [3.05, 3.63) is 33.8 Å². The van der Waals surface area contributed by atoms with E-state index >= 15 is 0 Å². The van der Waals surface area contributed by atoms with Crippen LogP contribution < -0.4 is 0 Å². The molecular formula is C17H24Cl2O. The van der Waals surface area contributed by atoms with Crippen LogP contribution in [-0.2, 0) is 0 Å². The quantitative estimate of drug-likeness (QED) is 0.722. The largest absolute Gasteiger partial charge is 0.388 e. The van der Waals surface area contributed by atoms with Crippen LogP contribution in [0.15, 0.2) is 18.2 Å². The van der Waals surface area contributed by atoms with E-state index in [0.717, 1.165) is 24.3 Å². The zero-order valence-electron chi connectivity index (χ0n) is 12.5. The molecule has 1 aromatic carbocycles. The Hall–Kier alpha value is -0.240. The molecule has 0 amide bonds. The summed E-state index contributed by atoms with van der Waals surface area (Å²) in [7, 11) is 0. The van der Waals surface area contributed by atoms with E-state index in [4.69, 9.17) is 23.2 Å². The van der Waals surface area contributed by atoms with E-state index in [1.807, 2.05) is 0 Å². The first kappa shape index (κ1) is 16.1. The van der Waals surface area contributed by atoms with Gasteiger partial charge in [-0.15, -0.1) is 0 Å². The second-order valence-corrected chi connectivity index (χ2v) is 7.93. The van der Waals surface area contributed by atoms with Gasteiger partial charge in [-0.1, -0.05) is 44.0 Å². The number of aliphatic hydroxyl groups is 1. The summed E-state index contributed by atoms with van der Waals surface area (Å²) in [6.07, 6.45) is 3.99. The van der Waals surface area contributed by atoms with Gasteiger partial charge in [0.05, 0.1) is 6.10 Å². The summed E-state index contributed by atoms with van der Waals surface area (Å²) in [5.41, 5.74) is 1.14. The van der Waals surface area contributed by atoms with E-state index in [2.05, 4.69) is 20.8 Å². The third kappa shape index (κ3) is 3.69. The molecule has 1 aliphatic carbocycles. The lowest BCUT2D eigenvalue weighted by atomic mass is 9.68. The summed E-state index contributed by atoms with van der Waals surface area (Å²) in [6, 6.07) is 5.32. The summed E-state index contributed by atoms with van der Waals surface area (Å²) in [5.74, 6) is 1.05. The van der Waals surface area contributed by atoms with Crippen molar-refractivity contribution < 1.29 is 5.11 Å². The van der Waals surface area contributed by atoms with Crippen LogP contribution in [0.3, 0.4) is 0 Å². The predicted octanol–water partition coefficient (Wildman–Crippen LogP) is 5.88. The number of benzene rings is 1. The monoisotopic (exact) mass is 314 g/mol. The molecule has 0 heterocycles. The van der Waals surface area contributed by atoms with Gasteiger partial charge in [-0.25, -0.2) is 0 Å². The van der Waals surface area contributed by atoms with Crippen molar-refractivity contribution in [2.45, 2.75) is 52.6 Å². The lowest BCUT2D eigenvalue weighted by Crippen LogP contribution is -2.28. The fourth-order valence-electron chi connectivity index (χ4n) is 3.30. The van der Waals surface area contributed by atoms with Gasteiger partial charge in [0.2, 0.25) is 0 Å². The molecular weight excluding hydrogens is 291 g/mol. The van der Waals surface area contributed by atoms with Crippen LogP contribution in [0.5, 0.6) is 0 Å². The summed E-state index contributed by atoms with van der Waals surface area (Å²) < 4.78 is 0. The average molecular weight is 315 g/mol. The third-order valence-electron chi connectivity index (χ3n) is 4.72. The standard InChI is InChI=1S/C17H24Cl2O/c1-17(2,3)12-6-4-11(5-7-12)16(20)14-10-13(18)8-9-15(14)19/h8-12,16,20H,4-7H2,1-3H3. The highest BCUT2D eigenvalue weighted by Gasteiger charge is 2.33. The van der Waals surface area contributed by atoms with Gasteiger partial charge in [0.15, 0.2) is 0 Å². The van der Waals surface area contributed by atoms with Crippen LogP contribution in [0.1, 0.15) is 58.1 Å². The van der Waals surface area contributed by atoms with E-state index in [-0.39, 0.29) is 0 Å². The molecule has 1 aliphatic rings. The van der Waals surface area contributed by atoms with Crippen molar-refractivity contribution in [1.82, 2.24) is 0 Å². The van der Waals surface area contributed by atoms with Crippen LogP contribution in [0.4, 0.5) is 0 Å². The lowest BCUT2D eigenvalue weighted by Gasteiger charge is -2.38. The number of hydrogen-bond acceptors (Lipinski definition) is 1. The van der Waals surface area contributed by atoms with Crippen molar-refractivity contribution in [1.29, 1.82) is 0 Å². The van der Waals surface area contributed by atoms with Gasteiger partial charge in [0.25, 0.3) is 0 Å². The van der Waals surface area contributed by atoms with E-state index in [1.165, 1.54) is 12.8 Å². The fraction of sp³-hybridized carbons (Fsp3) is 0.647. The first-order valence-electron chi connectivity index (χ1n) is 7.42. The smallest absolute Gasteiger partial charge is 0.0833 e. The molecule has 1 atom stereocenters. The van der Waals surface area contributed by atoms with Crippen LogP contribution in [0, 0.1) is 17.3 Å². The van der Waals surface area contributed by atoms with E-state index < -0.39 is 6.10 Å². The molecule has 20 heavy (non-hydrogen) atoms. The van der Waals surface area contributed by atoms with Gasteiger partial charge in [-0.3, -0.25) is 0 Å². The average Bonchev–Trinajstić information content (AvgIpc) is 2.40. The molecule has 0 saturated heterocycles. The van der Waals surface area contributed by atoms with Crippen molar-refractivity contribution in [3.63, 3.8) is 0 Å². The van der Waals surface area contributed by atoms with Crippen molar-refractivity contribution in [3.8, 4) is 0 Å². The van der Waals surface area contributed by atoms with Gasteiger partial charge in [0, 0.05) is 15.6 Å². The Balaban J connectivity index is 2.05. The van der Waals surface area contributed by atoms with Crippen LogP contribution in [0.25, 0.3) is 0 Å². The number of aliphatic hydroxyl groups excluding tert-OH is 1. The minimum Gasteiger partial charge on any atom is -0.388 e. The Morgan fingerprint density at radius 2 is 1.70 bits per heavy atom. The molecule has 1 unspecified atom stereocenters. The second-order valence-electron chi connectivity index (χ2n) is 7.09. The maximum atomic E-state index is 10.6. The number of rotatable bonds is 2. The fourth-order valence-corrected chi connectivity index (χ4v) is 3.71. The highest BCUT2D eigenvalue weighted by Crippen LogP contribution is 2.44. The zero-order chi connectivity index (χ0) is 14.9. The van der Waals surface area contributed by atoms with E-state index in [0.29, 0.717) is 21.4 Å². The third-order valence-corrected chi connectivity index (χ3v) is 5.30. The molecule has 1 fully saturated rings. The van der Waals surface area contributed by atoms with Crippen LogP contribution in [0.2, 0.25) is 10.0 Å². The van der Waals surface area contributed by atoms with Crippen molar-refractivity contribution in [2.75, 3.05) is 0 Å². The maximum absolute atomic E-state index is 10.6. The first-order valence-corrected chi connectivity index (χ1v) is 8.17. The van der Waals surface area contributed by atoms with Crippen LogP contribution in [-0.4, -0.2) is 5.11 Å². The maximum Gasteiger partial charge on any atom is 0.0833 e. The molecule has 1 saturated carbocycles. The minimum absolute atomic E-state index is 0.296. The Kier molecular flexibility index (Phi) is 5.05. The molecule has 1 aromatic rings. The Bertz CT molecular complexity index is 457. The normalized spacial score (nSPS) is 25.5. The Morgan fingerprint density at radius 1 is 1.10 bits per heavy atom. The molecule has 0 aromatic heterocycles. The zero-order valence-corrected chi connectivity index (χ0v) is 14.0. The highest BCUT2D eigenvalue weighted by atomic mass is 35.5. The lowest BCUT2D eigenvalue weighted by molar-refractivity contribution is 0.0529. The van der Waals surface area contributed by atoms with Crippen molar-refractivity contribution in [2.24, 2.45) is 17.3 Å². The molecule has 0 spiro atoms. The molecule has 112 valence electrons. The van der Waals surface area contributed by atoms with Gasteiger partial charge >= 0.3 is 0 Å². The summed E-state index contributed by atoms with van der Waals surface area (Å²) in [6.45, 7) is 6.92. The first-order chi connectivity index (χ1) is 9.29. The Labute approximate surface area is 132 Å². The second kappa shape index (κ2) is 6.25. The van der Waals surface area contributed by atoms with Gasteiger partial charge in [0.1, 0.15) is 0 Å². The van der Waals surface area contributed by atoms with E-state index in [9.17, 15) is 5.11 Å². The predicted molar refractivity (Wildman–Crippen MR) is 86.3 cm³/mol. The molecule has 2 rings (SSSR count). The SMILES string of the molecule is CC(C)(C)C1CCC(C(O)c2cc(Cl)ccc2Cl)CC1. The molecule has 3 heteroatoms. The van der Waals surface area contributed by atoms with Gasteiger partial charge in [-0.05, 0) is 61.1 Å². The molecule has 1 N–H and O–H groups in total. The van der Waals surface area contributed by atoms with E-state index in [1.54, 1.807) is 18.2 Å². The van der Waals surface area contributed by atoms with Gasteiger partial charge in [-0.2, -0.15) is 0 Å². The molecule has 0 bridgehead atoms. The minimum atomic E-state index is -0.498. The summed E-state index contributed by atoms with van der Waals surface area (Å²) >= 11 is 12.2. The number of halogens is 2. The topological polar surface area (TPSA) is 20.2 Å². The molecule has 0 radical (unpaired) electrons. The van der Waals surface area contributed by atoms with Crippen molar-refractivity contribution >= 4 is 23.2 Å². The van der Waals surface area contributed by atoms with Crippen LogP contribution >= 0.6 is 23.2 Å². The summed E-state index contributed by atoms with van der Waals surface area (Å²) in [5, 5.41) is 11.8. The highest BCUT2D eigenvalue weighted by molar-refractivity contribution is 6.33. The Morgan fingerprint density at radius 3 is 2.25 bits per heavy atom. The number of hydrogen-bond donors (Lipinski definition) is 1. The molecule has 0 aliphatic heterocycles. The summed E-state index contributed by atoms with van der Waals surface area (Å²) in [4.78, 5) is 0.